The molecule has 4 heteroatoms. The maximum atomic E-state index is 11.5. The van der Waals surface area contributed by atoms with Gasteiger partial charge in [0, 0.05) is 6.08 Å². The second kappa shape index (κ2) is 7.27. The molecule has 96 valence electrons. The van der Waals surface area contributed by atoms with E-state index in [0.29, 0.717) is 0 Å². The Hall–Kier alpha value is -2.10. The van der Waals surface area contributed by atoms with Crippen LogP contribution in [0.3, 0.4) is 0 Å². The number of ether oxygens (including phenoxy) is 1. The molecule has 0 unspecified atom stereocenters. The van der Waals surface area contributed by atoms with Crippen LogP contribution in [-0.4, -0.2) is 18.5 Å². The molecule has 1 atom stereocenters. The summed E-state index contributed by atoms with van der Waals surface area (Å²) in [5.74, 6) is -0.829. The minimum absolute atomic E-state index is 0.112. The summed E-state index contributed by atoms with van der Waals surface area (Å²) in [6.07, 6.45) is 2.83. The van der Waals surface area contributed by atoms with Gasteiger partial charge < -0.3 is 10.1 Å². The fourth-order valence-corrected chi connectivity index (χ4v) is 1.43. The monoisotopic (exact) mass is 247 g/mol. The van der Waals surface area contributed by atoms with Crippen LogP contribution in [-0.2, 0) is 14.3 Å². The van der Waals surface area contributed by atoms with Crippen molar-refractivity contribution in [3.8, 4) is 0 Å². The van der Waals surface area contributed by atoms with E-state index in [4.69, 9.17) is 4.74 Å². The van der Waals surface area contributed by atoms with Gasteiger partial charge in [-0.2, -0.15) is 0 Å². The average Bonchev–Trinajstić information content (AvgIpc) is 2.38. The lowest BCUT2D eigenvalue weighted by atomic mass is 10.1. The van der Waals surface area contributed by atoms with Gasteiger partial charge in [0.2, 0.25) is 0 Å². The van der Waals surface area contributed by atoms with Crippen LogP contribution in [0.1, 0.15) is 25.5 Å². The summed E-state index contributed by atoms with van der Waals surface area (Å²) in [6.45, 7) is 3.32. The Balaban J connectivity index is 2.39. The Labute approximate surface area is 107 Å². The number of allylic oxidation sites excluding steroid dienone is 1. The quantitative estimate of drug-likeness (QED) is 0.639. The third-order valence-electron chi connectivity index (χ3n) is 2.33. The number of rotatable bonds is 5. The molecule has 0 bridgehead atoms. The molecule has 0 aliphatic carbocycles. The highest BCUT2D eigenvalue weighted by Crippen LogP contribution is 2.10. The molecule has 18 heavy (non-hydrogen) atoms. The minimum atomic E-state index is -0.514. The first-order valence-electron chi connectivity index (χ1n) is 5.77. The predicted octanol–water partition coefficient (Wildman–Crippen LogP) is 1.98. The highest BCUT2D eigenvalue weighted by Gasteiger charge is 2.10. The first kappa shape index (κ1) is 14.0. The molecule has 0 aliphatic heterocycles. The summed E-state index contributed by atoms with van der Waals surface area (Å²) >= 11 is 0. The Morgan fingerprint density at radius 3 is 2.61 bits per heavy atom. The van der Waals surface area contributed by atoms with Crippen LogP contribution in [0, 0.1) is 0 Å². The number of benzene rings is 1. The molecule has 0 saturated heterocycles. The van der Waals surface area contributed by atoms with Crippen LogP contribution in [0.2, 0.25) is 0 Å². The van der Waals surface area contributed by atoms with Crippen LogP contribution in [0.15, 0.2) is 42.5 Å². The maximum absolute atomic E-state index is 11.5. The summed E-state index contributed by atoms with van der Waals surface area (Å²) in [7, 11) is 0. The summed E-state index contributed by atoms with van der Waals surface area (Å²) < 4.78 is 4.74. The van der Waals surface area contributed by atoms with Crippen LogP contribution in [0.25, 0.3) is 0 Å². The van der Waals surface area contributed by atoms with E-state index in [0.717, 1.165) is 5.56 Å². The number of hydrogen-bond donors (Lipinski definition) is 1. The second-order valence-corrected chi connectivity index (χ2v) is 3.81. The topological polar surface area (TPSA) is 55.4 Å². The molecule has 4 nitrogen and oxygen atoms in total. The largest absolute Gasteiger partial charge is 0.452 e. The van der Waals surface area contributed by atoms with Crippen molar-refractivity contribution >= 4 is 11.9 Å². The van der Waals surface area contributed by atoms with E-state index in [9.17, 15) is 9.59 Å². The van der Waals surface area contributed by atoms with E-state index in [1.165, 1.54) is 6.08 Å². The number of amides is 1. The van der Waals surface area contributed by atoms with Gasteiger partial charge >= 0.3 is 5.97 Å². The molecule has 0 aliphatic rings. The van der Waals surface area contributed by atoms with Crippen molar-refractivity contribution in [3.63, 3.8) is 0 Å². The second-order valence-electron chi connectivity index (χ2n) is 3.81. The van der Waals surface area contributed by atoms with Crippen molar-refractivity contribution in [2.45, 2.75) is 19.9 Å². The zero-order valence-electron chi connectivity index (χ0n) is 10.6. The highest BCUT2D eigenvalue weighted by atomic mass is 16.5. The molecule has 0 saturated carbocycles. The van der Waals surface area contributed by atoms with Gasteiger partial charge in [-0.05, 0) is 19.4 Å². The van der Waals surface area contributed by atoms with Gasteiger partial charge in [0.1, 0.15) is 0 Å². The van der Waals surface area contributed by atoms with Gasteiger partial charge in [0.25, 0.3) is 5.91 Å². The zero-order chi connectivity index (χ0) is 13.4. The summed E-state index contributed by atoms with van der Waals surface area (Å²) in [6, 6.07) is 9.47. The van der Waals surface area contributed by atoms with Crippen LogP contribution in [0.5, 0.6) is 0 Å². The molecular formula is C14H17NO3. The SMILES string of the molecule is C/C=C/C(=O)OCC(=O)N[C@@H](C)c1ccccc1. The van der Waals surface area contributed by atoms with Crippen molar-refractivity contribution in [1.29, 1.82) is 0 Å². The lowest BCUT2D eigenvalue weighted by Crippen LogP contribution is -2.30. The first-order valence-corrected chi connectivity index (χ1v) is 5.77. The van der Waals surface area contributed by atoms with E-state index >= 15 is 0 Å². The Morgan fingerprint density at radius 2 is 2.00 bits per heavy atom. The predicted molar refractivity (Wildman–Crippen MR) is 68.8 cm³/mol. The number of nitrogens with one attached hydrogen (secondary N) is 1. The van der Waals surface area contributed by atoms with Crippen molar-refractivity contribution in [2.24, 2.45) is 0 Å². The summed E-state index contributed by atoms with van der Waals surface area (Å²) in [5, 5.41) is 2.75. The van der Waals surface area contributed by atoms with E-state index in [1.807, 2.05) is 37.3 Å². The van der Waals surface area contributed by atoms with E-state index < -0.39 is 5.97 Å². The van der Waals surface area contributed by atoms with Gasteiger partial charge in [-0.15, -0.1) is 0 Å². The third-order valence-corrected chi connectivity index (χ3v) is 2.33. The van der Waals surface area contributed by atoms with Crippen molar-refractivity contribution < 1.29 is 14.3 Å². The summed E-state index contributed by atoms with van der Waals surface area (Å²) in [5.41, 5.74) is 1.01. The fraction of sp³-hybridized carbons (Fsp3) is 0.286. The minimum Gasteiger partial charge on any atom is -0.452 e. The molecule has 1 N–H and O–H groups in total. The molecule has 0 spiro atoms. The highest BCUT2D eigenvalue weighted by molar-refractivity contribution is 5.85. The molecule has 1 rings (SSSR count). The molecule has 0 fully saturated rings. The van der Waals surface area contributed by atoms with E-state index in [1.54, 1.807) is 13.0 Å². The number of carbonyl (C=O) groups excluding carboxylic acids is 2. The molecule has 0 radical (unpaired) electrons. The molecule has 1 aromatic carbocycles. The van der Waals surface area contributed by atoms with Crippen molar-refractivity contribution in [3.05, 3.63) is 48.0 Å². The maximum Gasteiger partial charge on any atom is 0.330 e. The first-order chi connectivity index (χ1) is 8.63. The van der Waals surface area contributed by atoms with Gasteiger partial charge in [-0.3, -0.25) is 4.79 Å². The number of carbonyl (C=O) groups is 2. The van der Waals surface area contributed by atoms with Crippen LogP contribution in [0.4, 0.5) is 0 Å². The lowest BCUT2D eigenvalue weighted by Gasteiger charge is -2.13. The average molecular weight is 247 g/mol. The summed E-state index contributed by atoms with van der Waals surface area (Å²) in [4.78, 5) is 22.5. The standard InChI is InChI=1S/C14H17NO3/c1-3-7-14(17)18-10-13(16)15-11(2)12-8-5-4-6-9-12/h3-9,11H,10H2,1-2H3,(H,15,16)/b7-3+/t11-/m0/s1. The van der Waals surface area contributed by atoms with Gasteiger partial charge in [0.05, 0.1) is 6.04 Å². The molecule has 1 amide bonds. The van der Waals surface area contributed by atoms with Crippen molar-refractivity contribution in [1.82, 2.24) is 5.32 Å². The fourth-order valence-electron chi connectivity index (χ4n) is 1.43. The van der Waals surface area contributed by atoms with Crippen molar-refractivity contribution in [2.75, 3.05) is 6.61 Å². The third kappa shape index (κ3) is 4.82. The van der Waals surface area contributed by atoms with Gasteiger partial charge in [0.15, 0.2) is 6.61 Å². The zero-order valence-corrected chi connectivity index (χ0v) is 10.6. The Bertz CT molecular complexity index is 426. The van der Waals surface area contributed by atoms with Gasteiger partial charge in [-0.25, -0.2) is 4.79 Å². The van der Waals surface area contributed by atoms with Crippen LogP contribution < -0.4 is 5.32 Å². The molecule has 0 heterocycles. The van der Waals surface area contributed by atoms with E-state index in [2.05, 4.69) is 5.32 Å². The molecule has 1 aromatic rings. The van der Waals surface area contributed by atoms with E-state index in [-0.39, 0.29) is 18.6 Å². The Kier molecular flexibility index (Phi) is 5.64. The smallest absolute Gasteiger partial charge is 0.330 e. The molecular weight excluding hydrogens is 230 g/mol. The van der Waals surface area contributed by atoms with Crippen LogP contribution >= 0.6 is 0 Å². The number of hydrogen-bond acceptors (Lipinski definition) is 3. The Morgan fingerprint density at radius 1 is 1.33 bits per heavy atom. The normalized spacial score (nSPS) is 12.1. The number of esters is 1. The molecule has 0 aromatic heterocycles. The van der Waals surface area contributed by atoms with Gasteiger partial charge in [-0.1, -0.05) is 36.4 Å². The lowest BCUT2D eigenvalue weighted by molar-refractivity contribution is -0.144.